The molecule has 3 rings (SSSR count). The van der Waals surface area contributed by atoms with Crippen LogP contribution in [0.2, 0.25) is 0 Å². The van der Waals surface area contributed by atoms with E-state index in [1.54, 1.807) is 11.3 Å². The van der Waals surface area contributed by atoms with Gasteiger partial charge in [-0.3, -0.25) is 9.98 Å². The highest BCUT2D eigenvalue weighted by Crippen LogP contribution is 2.31. The van der Waals surface area contributed by atoms with Crippen LogP contribution >= 0.6 is 23.1 Å². The highest BCUT2D eigenvalue weighted by molar-refractivity contribution is 8.14. The van der Waals surface area contributed by atoms with Crippen LogP contribution in [0.5, 0.6) is 0 Å². The number of thiazole rings is 1. The molecular formula is C11H15N3OS2. The van der Waals surface area contributed by atoms with Gasteiger partial charge in [0.25, 0.3) is 0 Å². The fraction of sp³-hybridized carbons (Fsp3) is 0.636. The zero-order valence-electron chi connectivity index (χ0n) is 9.52. The van der Waals surface area contributed by atoms with Crippen LogP contribution in [-0.4, -0.2) is 34.7 Å². The van der Waals surface area contributed by atoms with Crippen LogP contribution in [-0.2, 0) is 11.3 Å². The summed E-state index contributed by atoms with van der Waals surface area (Å²) in [5, 5.41) is 4.67. The van der Waals surface area contributed by atoms with Crippen molar-refractivity contribution in [1.82, 2.24) is 10.3 Å². The predicted molar refractivity (Wildman–Crippen MR) is 71.6 cm³/mol. The summed E-state index contributed by atoms with van der Waals surface area (Å²) in [4.78, 5) is 9.89. The van der Waals surface area contributed by atoms with E-state index in [9.17, 15) is 0 Å². The van der Waals surface area contributed by atoms with Gasteiger partial charge in [0, 0.05) is 30.0 Å². The van der Waals surface area contributed by atoms with E-state index >= 15 is 0 Å². The lowest BCUT2D eigenvalue weighted by Gasteiger charge is -2.32. The lowest BCUT2D eigenvalue weighted by atomic mass is 9.93. The third-order valence-corrected chi connectivity index (χ3v) is 5.14. The van der Waals surface area contributed by atoms with E-state index in [0.29, 0.717) is 0 Å². The SMILES string of the molecule is c1ncc(CN=C2NC3(CCOCC3)CS2)s1. The van der Waals surface area contributed by atoms with Crippen LogP contribution in [0.15, 0.2) is 16.7 Å². The topological polar surface area (TPSA) is 46.5 Å². The van der Waals surface area contributed by atoms with Crippen molar-refractivity contribution in [2.24, 2.45) is 4.99 Å². The second kappa shape index (κ2) is 4.96. The van der Waals surface area contributed by atoms with E-state index in [-0.39, 0.29) is 5.54 Å². The first-order valence-electron chi connectivity index (χ1n) is 5.77. The number of rotatable bonds is 2. The van der Waals surface area contributed by atoms with Gasteiger partial charge in [0.2, 0.25) is 0 Å². The van der Waals surface area contributed by atoms with Crippen molar-refractivity contribution in [2.75, 3.05) is 19.0 Å². The van der Waals surface area contributed by atoms with Gasteiger partial charge in [-0.05, 0) is 12.8 Å². The van der Waals surface area contributed by atoms with E-state index in [0.717, 1.165) is 43.5 Å². The van der Waals surface area contributed by atoms with Gasteiger partial charge >= 0.3 is 0 Å². The van der Waals surface area contributed by atoms with Crippen LogP contribution in [0.3, 0.4) is 0 Å². The minimum Gasteiger partial charge on any atom is -0.381 e. The number of amidine groups is 1. The maximum absolute atomic E-state index is 5.41. The number of ether oxygens (including phenoxy) is 1. The maximum Gasteiger partial charge on any atom is 0.157 e. The molecule has 2 aliphatic heterocycles. The highest BCUT2D eigenvalue weighted by atomic mass is 32.2. The summed E-state index contributed by atoms with van der Waals surface area (Å²) < 4.78 is 5.41. The summed E-state index contributed by atoms with van der Waals surface area (Å²) in [6, 6.07) is 0. The summed E-state index contributed by atoms with van der Waals surface area (Å²) >= 11 is 3.50. The Hall–Kier alpha value is -0.590. The second-order valence-electron chi connectivity index (χ2n) is 4.40. The lowest BCUT2D eigenvalue weighted by Crippen LogP contribution is -2.48. The normalized spacial score (nSPS) is 25.3. The molecule has 6 heteroatoms. The summed E-state index contributed by atoms with van der Waals surface area (Å²) in [6.07, 6.45) is 4.08. The number of hydrogen-bond donors (Lipinski definition) is 1. The van der Waals surface area contributed by atoms with Crippen LogP contribution in [0.1, 0.15) is 17.7 Å². The van der Waals surface area contributed by atoms with E-state index < -0.39 is 0 Å². The first kappa shape index (κ1) is 11.5. The van der Waals surface area contributed by atoms with E-state index in [4.69, 9.17) is 4.74 Å². The van der Waals surface area contributed by atoms with Crippen molar-refractivity contribution in [3.05, 3.63) is 16.6 Å². The standard InChI is InChI=1S/C11H15N3OS2/c1-3-15-4-2-11(1)7-16-10(14-11)13-6-9-5-12-8-17-9/h5,8H,1-4,6-7H2,(H,13,14). The van der Waals surface area contributed by atoms with Gasteiger partial charge in [0.05, 0.1) is 17.6 Å². The van der Waals surface area contributed by atoms with Crippen LogP contribution in [0, 0.1) is 0 Å². The number of nitrogens with zero attached hydrogens (tertiary/aromatic N) is 2. The Kier molecular flexibility index (Phi) is 3.35. The molecule has 1 N–H and O–H groups in total. The van der Waals surface area contributed by atoms with Crippen molar-refractivity contribution in [3.63, 3.8) is 0 Å². The molecule has 0 unspecified atom stereocenters. The summed E-state index contributed by atoms with van der Waals surface area (Å²) in [5.74, 6) is 1.12. The molecule has 0 aromatic carbocycles. The Morgan fingerprint density at radius 2 is 2.35 bits per heavy atom. The van der Waals surface area contributed by atoms with Gasteiger partial charge in [0.15, 0.2) is 5.17 Å². The second-order valence-corrected chi connectivity index (χ2v) is 6.33. The van der Waals surface area contributed by atoms with Gasteiger partial charge in [-0.2, -0.15) is 0 Å². The van der Waals surface area contributed by atoms with Gasteiger partial charge in [-0.25, -0.2) is 0 Å². The van der Waals surface area contributed by atoms with Gasteiger partial charge in [-0.15, -0.1) is 11.3 Å². The lowest BCUT2D eigenvalue weighted by molar-refractivity contribution is 0.0555. The Morgan fingerprint density at radius 1 is 1.47 bits per heavy atom. The van der Waals surface area contributed by atoms with Gasteiger partial charge < -0.3 is 10.1 Å². The van der Waals surface area contributed by atoms with E-state index in [1.165, 1.54) is 4.88 Å². The monoisotopic (exact) mass is 269 g/mol. The molecule has 1 aromatic heterocycles. The fourth-order valence-electron chi connectivity index (χ4n) is 2.09. The molecule has 4 nitrogen and oxygen atoms in total. The molecular weight excluding hydrogens is 254 g/mol. The molecule has 0 saturated carbocycles. The molecule has 1 spiro atoms. The van der Waals surface area contributed by atoms with Gasteiger partial charge in [0.1, 0.15) is 0 Å². The van der Waals surface area contributed by atoms with Crippen LogP contribution < -0.4 is 5.32 Å². The quantitative estimate of drug-likeness (QED) is 0.890. The molecule has 0 amide bonds. The molecule has 0 aliphatic carbocycles. The molecule has 17 heavy (non-hydrogen) atoms. The number of nitrogens with one attached hydrogen (secondary N) is 1. The Morgan fingerprint density at radius 3 is 3.12 bits per heavy atom. The molecule has 3 heterocycles. The average molecular weight is 269 g/mol. The largest absolute Gasteiger partial charge is 0.381 e. The van der Waals surface area contributed by atoms with Crippen molar-refractivity contribution in [1.29, 1.82) is 0 Å². The summed E-state index contributed by atoms with van der Waals surface area (Å²) in [7, 11) is 0. The van der Waals surface area contributed by atoms with Crippen molar-refractivity contribution in [2.45, 2.75) is 24.9 Å². The third-order valence-electron chi connectivity index (χ3n) is 3.17. The number of thioether (sulfide) groups is 1. The van der Waals surface area contributed by atoms with E-state index in [2.05, 4.69) is 15.3 Å². The first-order valence-corrected chi connectivity index (χ1v) is 7.63. The van der Waals surface area contributed by atoms with Crippen LogP contribution in [0.4, 0.5) is 0 Å². The van der Waals surface area contributed by atoms with Crippen molar-refractivity contribution in [3.8, 4) is 0 Å². The third kappa shape index (κ3) is 2.64. The molecule has 0 radical (unpaired) electrons. The maximum atomic E-state index is 5.41. The smallest absolute Gasteiger partial charge is 0.157 e. The molecule has 92 valence electrons. The molecule has 1 aromatic rings. The Bertz CT molecular complexity index is 399. The van der Waals surface area contributed by atoms with Crippen LogP contribution in [0.25, 0.3) is 0 Å². The molecule has 2 saturated heterocycles. The minimum atomic E-state index is 0.245. The van der Waals surface area contributed by atoms with Gasteiger partial charge in [-0.1, -0.05) is 11.8 Å². The zero-order chi connectivity index (χ0) is 11.6. The fourth-order valence-corrected chi connectivity index (χ4v) is 3.83. The zero-order valence-corrected chi connectivity index (χ0v) is 11.1. The predicted octanol–water partition coefficient (Wildman–Crippen LogP) is 1.88. The van der Waals surface area contributed by atoms with Crippen molar-refractivity contribution >= 4 is 28.3 Å². The number of hydrogen-bond acceptors (Lipinski definition) is 5. The Labute approximate surface area is 109 Å². The van der Waals surface area contributed by atoms with E-state index in [1.807, 2.05) is 23.5 Å². The molecule has 2 fully saturated rings. The molecule has 0 bridgehead atoms. The highest BCUT2D eigenvalue weighted by Gasteiger charge is 2.38. The summed E-state index contributed by atoms with van der Waals surface area (Å²) in [6.45, 7) is 2.48. The molecule has 0 atom stereocenters. The van der Waals surface area contributed by atoms with Crippen molar-refractivity contribution < 1.29 is 4.74 Å². The molecule has 2 aliphatic rings. The summed E-state index contributed by atoms with van der Waals surface area (Å²) in [5.41, 5.74) is 2.10. The average Bonchev–Trinajstić information content (AvgIpc) is 2.98. The number of aromatic nitrogens is 1. The first-order chi connectivity index (χ1) is 8.36. The minimum absolute atomic E-state index is 0.245. The Balaban J connectivity index is 1.61. The number of aliphatic imine (C=N–C) groups is 1.